The summed E-state index contributed by atoms with van der Waals surface area (Å²) >= 11 is 3.33. The van der Waals surface area contributed by atoms with Gasteiger partial charge in [-0.2, -0.15) is 0 Å². The zero-order valence-corrected chi connectivity index (χ0v) is 15.1. The summed E-state index contributed by atoms with van der Waals surface area (Å²) in [7, 11) is 0. The summed E-state index contributed by atoms with van der Waals surface area (Å²) in [5, 5.41) is 5.56. The summed E-state index contributed by atoms with van der Waals surface area (Å²) in [4.78, 5) is 38.3. The molecule has 2 N–H and O–H groups in total. The largest absolute Gasteiger partial charge is 0.325 e. The number of imide groups is 1. The van der Waals surface area contributed by atoms with Crippen LogP contribution in [-0.4, -0.2) is 34.8 Å². The third-order valence-corrected chi connectivity index (χ3v) is 5.40. The molecule has 2 aliphatic rings. The molecule has 24 heavy (non-hydrogen) atoms. The smallest absolute Gasteiger partial charge is 0.324 e. The standard InChI is InChI=1S/C17H20BrN3O3/c1-11-5-2-3-8-17(11)15(23)21(16(24)20-17)10-14(22)19-13-7-4-6-12(18)9-13/h4,6-7,9,11H,2-3,5,8,10H2,1H3,(H,19,22)(H,20,24)/t11-,17+/m1/s1. The Morgan fingerprint density at radius 2 is 2.21 bits per heavy atom. The molecule has 2 fully saturated rings. The molecule has 7 heteroatoms. The zero-order chi connectivity index (χ0) is 17.3. The lowest BCUT2D eigenvalue weighted by molar-refractivity contribution is -0.136. The maximum Gasteiger partial charge on any atom is 0.325 e. The Morgan fingerprint density at radius 3 is 2.92 bits per heavy atom. The number of benzene rings is 1. The number of hydrogen-bond acceptors (Lipinski definition) is 3. The van der Waals surface area contributed by atoms with E-state index in [4.69, 9.17) is 0 Å². The molecule has 6 nitrogen and oxygen atoms in total. The Labute approximate surface area is 149 Å². The number of nitrogens with one attached hydrogen (secondary N) is 2. The SMILES string of the molecule is C[C@@H]1CCCC[C@]12NC(=O)N(CC(=O)Nc1cccc(Br)c1)C2=O. The number of rotatable bonds is 3. The topological polar surface area (TPSA) is 78.5 Å². The van der Waals surface area contributed by atoms with Crippen LogP contribution in [0.3, 0.4) is 0 Å². The van der Waals surface area contributed by atoms with E-state index in [2.05, 4.69) is 26.6 Å². The van der Waals surface area contributed by atoms with Crippen molar-refractivity contribution < 1.29 is 14.4 Å². The number of anilines is 1. The molecular formula is C17H20BrN3O3. The number of urea groups is 1. The van der Waals surface area contributed by atoms with Crippen molar-refractivity contribution >= 4 is 39.5 Å². The van der Waals surface area contributed by atoms with Gasteiger partial charge >= 0.3 is 6.03 Å². The summed E-state index contributed by atoms with van der Waals surface area (Å²) in [5.74, 6) is -0.581. The van der Waals surface area contributed by atoms with Crippen molar-refractivity contribution in [3.8, 4) is 0 Å². The number of nitrogens with zero attached hydrogens (tertiary/aromatic N) is 1. The van der Waals surface area contributed by atoms with Crippen LogP contribution in [0, 0.1) is 5.92 Å². The fourth-order valence-electron chi connectivity index (χ4n) is 3.55. The van der Waals surface area contributed by atoms with Crippen molar-refractivity contribution in [2.24, 2.45) is 5.92 Å². The average Bonchev–Trinajstić information content (AvgIpc) is 2.75. The Balaban J connectivity index is 1.70. The summed E-state index contributed by atoms with van der Waals surface area (Å²) in [6, 6.07) is 6.68. The van der Waals surface area contributed by atoms with E-state index in [0.29, 0.717) is 12.1 Å². The molecule has 2 atom stereocenters. The minimum absolute atomic E-state index is 0.0841. The molecule has 1 saturated carbocycles. The van der Waals surface area contributed by atoms with Gasteiger partial charge < -0.3 is 10.6 Å². The molecule has 1 aromatic rings. The van der Waals surface area contributed by atoms with E-state index < -0.39 is 17.5 Å². The van der Waals surface area contributed by atoms with Gasteiger partial charge in [-0.05, 0) is 37.0 Å². The molecule has 0 radical (unpaired) electrons. The summed E-state index contributed by atoms with van der Waals surface area (Å²) in [6.45, 7) is 1.72. The second-order valence-electron chi connectivity index (χ2n) is 6.50. The molecule has 1 spiro atoms. The van der Waals surface area contributed by atoms with Gasteiger partial charge in [0.2, 0.25) is 5.91 Å². The molecule has 1 saturated heterocycles. The van der Waals surface area contributed by atoms with Crippen molar-refractivity contribution in [2.75, 3.05) is 11.9 Å². The van der Waals surface area contributed by atoms with Gasteiger partial charge in [-0.25, -0.2) is 4.79 Å². The maximum atomic E-state index is 12.8. The molecule has 4 amide bonds. The van der Waals surface area contributed by atoms with Crippen molar-refractivity contribution in [3.63, 3.8) is 0 Å². The molecule has 0 unspecified atom stereocenters. The van der Waals surface area contributed by atoms with E-state index in [1.54, 1.807) is 18.2 Å². The zero-order valence-electron chi connectivity index (χ0n) is 13.5. The molecule has 128 valence electrons. The van der Waals surface area contributed by atoms with Crippen molar-refractivity contribution in [3.05, 3.63) is 28.7 Å². The highest BCUT2D eigenvalue weighted by molar-refractivity contribution is 9.10. The first-order valence-electron chi connectivity index (χ1n) is 8.12. The number of halogens is 1. The highest BCUT2D eigenvalue weighted by Gasteiger charge is 2.55. The number of hydrogen-bond donors (Lipinski definition) is 2. The van der Waals surface area contributed by atoms with Crippen molar-refractivity contribution in [2.45, 2.75) is 38.1 Å². The summed E-state index contributed by atoms with van der Waals surface area (Å²) < 4.78 is 0.838. The van der Waals surface area contributed by atoms with Crippen LogP contribution in [0.15, 0.2) is 28.7 Å². The third-order valence-electron chi connectivity index (χ3n) is 4.91. The lowest BCUT2D eigenvalue weighted by Crippen LogP contribution is -2.54. The predicted molar refractivity (Wildman–Crippen MR) is 93.4 cm³/mol. The van der Waals surface area contributed by atoms with Crippen LogP contribution in [0.5, 0.6) is 0 Å². The first kappa shape index (κ1) is 17.0. The van der Waals surface area contributed by atoms with Gasteiger partial charge in [0.05, 0.1) is 0 Å². The van der Waals surface area contributed by atoms with E-state index in [1.807, 2.05) is 13.0 Å². The van der Waals surface area contributed by atoms with Crippen molar-refractivity contribution in [1.82, 2.24) is 10.2 Å². The maximum absolute atomic E-state index is 12.8. The van der Waals surface area contributed by atoms with Crippen LogP contribution in [0.4, 0.5) is 10.5 Å². The molecule has 1 aliphatic carbocycles. The van der Waals surface area contributed by atoms with Gasteiger partial charge in [0, 0.05) is 10.2 Å². The van der Waals surface area contributed by atoms with Crippen LogP contribution >= 0.6 is 15.9 Å². The lowest BCUT2D eigenvalue weighted by Gasteiger charge is -2.36. The molecule has 1 aromatic carbocycles. The van der Waals surface area contributed by atoms with E-state index in [9.17, 15) is 14.4 Å². The van der Waals surface area contributed by atoms with E-state index in [0.717, 1.165) is 28.6 Å². The molecule has 3 rings (SSSR count). The Kier molecular flexibility index (Phi) is 4.62. The normalized spacial score (nSPS) is 26.6. The number of carbonyl (C=O) groups is 3. The Morgan fingerprint density at radius 1 is 1.42 bits per heavy atom. The van der Waals surface area contributed by atoms with Crippen LogP contribution in [0.1, 0.15) is 32.6 Å². The number of amides is 4. The highest BCUT2D eigenvalue weighted by atomic mass is 79.9. The van der Waals surface area contributed by atoms with Crippen LogP contribution < -0.4 is 10.6 Å². The van der Waals surface area contributed by atoms with Gasteiger partial charge in [-0.3, -0.25) is 14.5 Å². The first-order valence-corrected chi connectivity index (χ1v) is 8.91. The fourth-order valence-corrected chi connectivity index (χ4v) is 3.95. The van der Waals surface area contributed by atoms with E-state index >= 15 is 0 Å². The van der Waals surface area contributed by atoms with Gasteiger partial charge in [0.15, 0.2) is 0 Å². The minimum Gasteiger partial charge on any atom is -0.324 e. The first-order chi connectivity index (χ1) is 11.4. The van der Waals surface area contributed by atoms with Crippen molar-refractivity contribution in [1.29, 1.82) is 0 Å². The average molecular weight is 394 g/mol. The van der Waals surface area contributed by atoms with Gasteiger partial charge in [0.1, 0.15) is 12.1 Å². The van der Waals surface area contributed by atoms with Crippen LogP contribution in [-0.2, 0) is 9.59 Å². The predicted octanol–water partition coefficient (Wildman–Crippen LogP) is 2.89. The minimum atomic E-state index is -0.828. The quantitative estimate of drug-likeness (QED) is 0.774. The molecular weight excluding hydrogens is 374 g/mol. The van der Waals surface area contributed by atoms with Gasteiger partial charge in [-0.1, -0.05) is 41.8 Å². The second kappa shape index (κ2) is 6.55. The second-order valence-corrected chi connectivity index (χ2v) is 7.41. The van der Waals surface area contributed by atoms with Crippen LogP contribution in [0.2, 0.25) is 0 Å². The van der Waals surface area contributed by atoms with Crippen LogP contribution in [0.25, 0.3) is 0 Å². The highest BCUT2D eigenvalue weighted by Crippen LogP contribution is 2.38. The lowest BCUT2D eigenvalue weighted by atomic mass is 9.73. The van der Waals surface area contributed by atoms with Gasteiger partial charge in [0.25, 0.3) is 5.91 Å². The Hall–Kier alpha value is -1.89. The third kappa shape index (κ3) is 3.05. The number of carbonyl (C=O) groups excluding carboxylic acids is 3. The van der Waals surface area contributed by atoms with E-state index in [1.165, 1.54) is 0 Å². The summed E-state index contributed by atoms with van der Waals surface area (Å²) in [6.07, 6.45) is 3.52. The molecule has 0 bridgehead atoms. The molecule has 1 heterocycles. The molecule has 0 aromatic heterocycles. The monoisotopic (exact) mass is 393 g/mol. The summed E-state index contributed by atoms with van der Waals surface area (Å²) in [5.41, 5.74) is -0.215. The molecule has 1 aliphatic heterocycles. The van der Waals surface area contributed by atoms with E-state index in [-0.39, 0.29) is 18.4 Å². The van der Waals surface area contributed by atoms with Gasteiger partial charge in [-0.15, -0.1) is 0 Å². The fraction of sp³-hybridized carbons (Fsp3) is 0.471. The Bertz CT molecular complexity index is 693.